The Morgan fingerprint density at radius 3 is 2.23 bits per heavy atom. The summed E-state index contributed by atoms with van der Waals surface area (Å²) in [5.41, 5.74) is -0.458. The summed E-state index contributed by atoms with van der Waals surface area (Å²) >= 11 is 5.94. The molecular weight excluding hydrogens is 314 g/mol. The second kappa shape index (κ2) is 8.14. The van der Waals surface area contributed by atoms with Gasteiger partial charge in [-0.2, -0.15) is 0 Å². The SMILES string of the molecule is CCOC(=O)C(=Cc1cc([N+](=O)[O-])ccc1Cl)C(=O)OCC. The Labute approximate surface area is 131 Å². The average Bonchev–Trinajstić information content (AvgIpc) is 2.46. The van der Waals surface area contributed by atoms with Crippen molar-refractivity contribution in [2.24, 2.45) is 0 Å². The van der Waals surface area contributed by atoms with Gasteiger partial charge in [-0.1, -0.05) is 11.6 Å². The maximum Gasteiger partial charge on any atom is 0.345 e. The molecule has 0 unspecified atom stereocenters. The highest BCUT2D eigenvalue weighted by molar-refractivity contribution is 6.32. The third kappa shape index (κ3) is 4.56. The minimum absolute atomic E-state index is 0.0677. The number of ether oxygens (including phenoxy) is 2. The van der Waals surface area contributed by atoms with Gasteiger partial charge in [0, 0.05) is 22.7 Å². The van der Waals surface area contributed by atoms with Crippen LogP contribution in [0.15, 0.2) is 23.8 Å². The molecule has 0 saturated heterocycles. The Morgan fingerprint density at radius 2 is 1.77 bits per heavy atom. The Balaban J connectivity index is 3.31. The molecule has 0 bridgehead atoms. The summed E-state index contributed by atoms with van der Waals surface area (Å²) in [5.74, 6) is -1.77. The van der Waals surface area contributed by atoms with Gasteiger partial charge in [0.2, 0.25) is 0 Å². The van der Waals surface area contributed by atoms with Crippen molar-refractivity contribution >= 4 is 35.3 Å². The van der Waals surface area contributed by atoms with Crippen LogP contribution < -0.4 is 0 Å². The zero-order chi connectivity index (χ0) is 16.7. The first-order chi connectivity index (χ1) is 10.4. The number of rotatable bonds is 6. The van der Waals surface area contributed by atoms with Crippen LogP contribution in [0.25, 0.3) is 6.08 Å². The van der Waals surface area contributed by atoms with Crippen LogP contribution in [0.5, 0.6) is 0 Å². The van der Waals surface area contributed by atoms with Gasteiger partial charge in [-0.05, 0) is 26.0 Å². The third-order valence-electron chi connectivity index (χ3n) is 2.48. The fourth-order valence-corrected chi connectivity index (χ4v) is 1.70. The van der Waals surface area contributed by atoms with E-state index in [-0.39, 0.29) is 35.1 Å². The molecule has 0 aromatic heterocycles. The van der Waals surface area contributed by atoms with Gasteiger partial charge in [0.05, 0.1) is 18.1 Å². The fraction of sp³-hybridized carbons (Fsp3) is 0.286. The normalized spacial score (nSPS) is 9.77. The third-order valence-corrected chi connectivity index (χ3v) is 2.83. The van der Waals surface area contributed by atoms with Gasteiger partial charge in [0.25, 0.3) is 5.69 Å². The van der Waals surface area contributed by atoms with Gasteiger partial charge in [0.1, 0.15) is 5.57 Å². The first kappa shape index (κ1) is 17.6. The molecule has 8 heteroatoms. The van der Waals surface area contributed by atoms with Crippen molar-refractivity contribution in [1.82, 2.24) is 0 Å². The highest BCUT2D eigenvalue weighted by atomic mass is 35.5. The number of carbonyl (C=O) groups excluding carboxylic acids is 2. The highest BCUT2D eigenvalue weighted by Crippen LogP contribution is 2.24. The molecule has 7 nitrogen and oxygen atoms in total. The molecule has 1 aromatic rings. The van der Waals surface area contributed by atoms with Crippen LogP contribution in [0.2, 0.25) is 5.02 Å². The van der Waals surface area contributed by atoms with Gasteiger partial charge in [0.15, 0.2) is 0 Å². The number of hydrogen-bond donors (Lipinski definition) is 0. The van der Waals surface area contributed by atoms with Crippen molar-refractivity contribution in [2.45, 2.75) is 13.8 Å². The first-order valence-electron chi connectivity index (χ1n) is 6.40. The van der Waals surface area contributed by atoms with Gasteiger partial charge >= 0.3 is 11.9 Å². The van der Waals surface area contributed by atoms with Crippen LogP contribution >= 0.6 is 11.6 Å². The summed E-state index contributed by atoms with van der Waals surface area (Å²) < 4.78 is 9.55. The predicted octanol–water partition coefficient (Wildman–Crippen LogP) is 2.76. The van der Waals surface area contributed by atoms with Crippen molar-refractivity contribution in [1.29, 1.82) is 0 Å². The maximum absolute atomic E-state index is 11.8. The molecule has 0 aliphatic rings. The predicted molar refractivity (Wildman–Crippen MR) is 79.3 cm³/mol. The Kier molecular flexibility index (Phi) is 6.52. The lowest BCUT2D eigenvalue weighted by Crippen LogP contribution is -2.18. The first-order valence-corrected chi connectivity index (χ1v) is 6.78. The van der Waals surface area contributed by atoms with E-state index in [4.69, 9.17) is 21.1 Å². The molecule has 0 radical (unpaired) electrons. The molecule has 0 aliphatic carbocycles. The van der Waals surface area contributed by atoms with E-state index < -0.39 is 16.9 Å². The molecule has 118 valence electrons. The molecular formula is C14H14ClNO6. The van der Waals surface area contributed by atoms with Crippen molar-refractivity contribution < 1.29 is 24.0 Å². The van der Waals surface area contributed by atoms with Crippen LogP contribution in [-0.4, -0.2) is 30.1 Å². The Morgan fingerprint density at radius 1 is 1.23 bits per heavy atom. The van der Waals surface area contributed by atoms with Gasteiger partial charge in [-0.15, -0.1) is 0 Å². The van der Waals surface area contributed by atoms with E-state index in [1.807, 2.05) is 0 Å². The summed E-state index contributed by atoms with van der Waals surface area (Å²) in [6, 6.07) is 3.67. The standard InChI is InChI=1S/C14H14ClNO6/c1-3-21-13(17)11(14(18)22-4-2)8-9-7-10(16(19)20)5-6-12(9)15/h5-8H,3-4H2,1-2H3. The molecule has 1 aromatic carbocycles. The fourth-order valence-electron chi connectivity index (χ4n) is 1.53. The number of benzene rings is 1. The van der Waals surface area contributed by atoms with E-state index in [1.165, 1.54) is 12.1 Å². The van der Waals surface area contributed by atoms with E-state index in [2.05, 4.69) is 0 Å². The molecule has 22 heavy (non-hydrogen) atoms. The zero-order valence-electron chi connectivity index (χ0n) is 12.0. The molecule has 0 saturated carbocycles. The summed E-state index contributed by atoms with van der Waals surface area (Å²) in [7, 11) is 0. The van der Waals surface area contributed by atoms with Crippen LogP contribution in [0.1, 0.15) is 19.4 Å². The second-order valence-corrected chi connectivity index (χ2v) is 4.37. The summed E-state index contributed by atoms with van der Waals surface area (Å²) in [6.45, 7) is 3.30. The van der Waals surface area contributed by atoms with Gasteiger partial charge in [-0.3, -0.25) is 10.1 Å². The van der Waals surface area contributed by atoms with Crippen molar-refractivity contribution in [3.63, 3.8) is 0 Å². The lowest BCUT2D eigenvalue weighted by atomic mass is 10.1. The number of hydrogen-bond acceptors (Lipinski definition) is 6. The lowest BCUT2D eigenvalue weighted by Gasteiger charge is -2.07. The topological polar surface area (TPSA) is 95.7 Å². The molecule has 0 spiro atoms. The minimum Gasteiger partial charge on any atom is -0.462 e. The van der Waals surface area contributed by atoms with E-state index in [1.54, 1.807) is 13.8 Å². The molecule has 0 atom stereocenters. The number of nitro groups is 1. The van der Waals surface area contributed by atoms with Crippen LogP contribution in [0, 0.1) is 10.1 Å². The molecule has 0 aliphatic heterocycles. The molecule has 0 amide bonds. The van der Waals surface area contributed by atoms with E-state index in [0.717, 1.165) is 12.1 Å². The van der Waals surface area contributed by atoms with Gasteiger partial charge < -0.3 is 9.47 Å². The van der Waals surface area contributed by atoms with Crippen molar-refractivity contribution in [2.75, 3.05) is 13.2 Å². The Hall–Kier alpha value is -2.41. The monoisotopic (exact) mass is 327 g/mol. The summed E-state index contributed by atoms with van der Waals surface area (Å²) in [4.78, 5) is 33.8. The van der Waals surface area contributed by atoms with Crippen LogP contribution in [0.4, 0.5) is 5.69 Å². The van der Waals surface area contributed by atoms with Gasteiger partial charge in [-0.25, -0.2) is 9.59 Å². The molecule has 0 fully saturated rings. The zero-order valence-corrected chi connectivity index (χ0v) is 12.8. The van der Waals surface area contributed by atoms with E-state index >= 15 is 0 Å². The molecule has 0 N–H and O–H groups in total. The highest BCUT2D eigenvalue weighted by Gasteiger charge is 2.22. The van der Waals surface area contributed by atoms with Crippen molar-refractivity contribution in [3.8, 4) is 0 Å². The number of nitrogens with zero attached hydrogens (tertiary/aromatic N) is 1. The summed E-state index contributed by atoms with van der Waals surface area (Å²) in [5, 5.41) is 10.9. The number of esters is 2. The van der Waals surface area contributed by atoms with E-state index in [9.17, 15) is 19.7 Å². The minimum atomic E-state index is -0.886. The molecule has 1 rings (SSSR count). The summed E-state index contributed by atoms with van der Waals surface area (Å²) in [6.07, 6.45) is 1.12. The van der Waals surface area contributed by atoms with E-state index in [0.29, 0.717) is 0 Å². The number of carbonyl (C=O) groups is 2. The van der Waals surface area contributed by atoms with Crippen molar-refractivity contribution in [3.05, 3.63) is 44.5 Å². The molecule has 0 heterocycles. The maximum atomic E-state index is 11.8. The van der Waals surface area contributed by atoms with Crippen LogP contribution in [0.3, 0.4) is 0 Å². The largest absolute Gasteiger partial charge is 0.462 e. The average molecular weight is 328 g/mol. The Bertz CT molecular complexity index is 606. The number of nitro benzene ring substituents is 1. The number of halogens is 1. The van der Waals surface area contributed by atoms with Crippen LogP contribution in [-0.2, 0) is 19.1 Å². The second-order valence-electron chi connectivity index (χ2n) is 3.96. The number of non-ortho nitro benzene ring substituents is 1. The quantitative estimate of drug-likeness (QED) is 0.199. The smallest absolute Gasteiger partial charge is 0.345 e. The lowest BCUT2D eigenvalue weighted by molar-refractivity contribution is -0.384.